The van der Waals surface area contributed by atoms with Crippen molar-refractivity contribution in [1.29, 1.82) is 0 Å². The molecule has 0 radical (unpaired) electrons. The smallest absolute Gasteiger partial charge is 0.268 e. The van der Waals surface area contributed by atoms with Gasteiger partial charge in [0.2, 0.25) is 5.91 Å². The van der Waals surface area contributed by atoms with Crippen LogP contribution in [0.2, 0.25) is 0 Å². The first-order chi connectivity index (χ1) is 13.4. The van der Waals surface area contributed by atoms with E-state index in [1.165, 1.54) is 23.9 Å². The van der Waals surface area contributed by atoms with Crippen molar-refractivity contribution in [3.8, 4) is 0 Å². The molecule has 6 heteroatoms. The van der Waals surface area contributed by atoms with Crippen LogP contribution in [0.3, 0.4) is 0 Å². The van der Waals surface area contributed by atoms with E-state index in [2.05, 4.69) is 0 Å². The van der Waals surface area contributed by atoms with E-state index in [9.17, 15) is 14.0 Å². The summed E-state index contributed by atoms with van der Waals surface area (Å²) < 4.78 is 13.7. The van der Waals surface area contributed by atoms with Gasteiger partial charge in [-0.15, -0.1) is 11.8 Å². The molecule has 0 aromatic heterocycles. The lowest BCUT2D eigenvalue weighted by Crippen LogP contribution is -2.50. The number of hydrogen-bond acceptors (Lipinski definition) is 3. The maximum Gasteiger partial charge on any atom is 0.268 e. The van der Waals surface area contributed by atoms with Crippen LogP contribution in [0.25, 0.3) is 0 Å². The molecule has 1 saturated heterocycles. The third kappa shape index (κ3) is 3.00. The number of fused-ring (bicyclic) bond motifs is 2. The summed E-state index contributed by atoms with van der Waals surface area (Å²) >= 11 is 1.52. The van der Waals surface area contributed by atoms with Crippen molar-refractivity contribution in [1.82, 2.24) is 4.90 Å². The van der Waals surface area contributed by atoms with Gasteiger partial charge in [0.1, 0.15) is 5.82 Å². The highest BCUT2D eigenvalue weighted by Gasteiger charge is 2.59. The van der Waals surface area contributed by atoms with Gasteiger partial charge in [0.25, 0.3) is 5.91 Å². The van der Waals surface area contributed by atoms with Crippen molar-refractivity contribution in [2.75, 3.05) is 17.2 Å². The number of nitrogens with zero attached hydrogens (tertiary/aromatic N) is 2. The van der Waals surface area contributed by atoms with Gasteiger partial charge in [0, 0.05) is 24.3 Å². The van der Waals surface area contributed by atoms with Crippen LogP contribution in [0.1, 0.15) is 31.4 Å². The van der Waals surface area contributed by atoms with Crippen LogP contribution in [0.15, 0.2) is 48.5 Å². The van der Waals surface area contributed by atoms with Crippen LogP contribution in [0, 0.1) is 11.7 Å². The normalized spacial score (nSPS) is 21.1. The van der Waals surface area contributed by atoms with E-state index in [1.54, 1.807) is 15.9 Å². The third-order valence-corrected chi connectivity index (χ3v) is 6.63. The number of anilines is 1. The number of hydrogen-bond donors (Lipinski definition) is 0. The number of benzene rings is 2. The maximum absolute atomic E-state index is 13.7. The van der Waals surface area contributed by atoms with Crippen molar-refractivity contribution in [3.63, 3.8) is 0 Å². The summed E-state index contributed by atoms with van der Waals surface area (Å²) in [5.41, 5.74) is 2.38. The minimum absolute atomic E-state index is 0.00996. The summed E-state index contributed by atoms with van der Waals surface area (Å²) in [5.74, 6) is 0.521. The molecular formula is C22H23FN2O2S. The average molecular weight is 399 g/mol. The lowest BCUT2D eigenvalue weighted by atomic mass is 10.0. The summed E-state index contributed by atoms with van der Waals surface area (Å²) in [7, 11) is 0. The first-order valence-corrected chi connectivity index (χ1v) is 10.5. The van der Waals surface area contributed by atoms with Crippen LogP contribution in [-0.2, 0) is 21.0 Å². The van der Waals surface area contributed by atoms with Gasteiger partial charge in [-0.3, -0.25) is 9.59 Å². The minimum Gasteiger partial charge on any atom is -0.315 e. The van der Waals surface area contributed by atoms with Crippen LogP contribution >= 0.6 is 11.8 Å². The first kappa shape index (κ1) is 19.0. The zero-order valence-corrected chi connectivity index (χ0v) is 16.8. The van der Waals surface area contributed by atoms with Gasteiger partial charge in [-0.2, -0.15) is 0 Å². The van der Waals surface area contributed by atoms with Crippen molar-refractivity contribution >= 4 is 29.3 Å². The van der Waals surface area contributed by atoms with Crippen molar-refractivity contribution in [2.45, 2.75) is 31.7 Å². The van der Waals surface area contributed by atoms with Crippen molar-refractivity contribution < 1.29 is 14.0 Å². The second-order valence-electron chi connectivity index (χ2n) is 7.67. The molecule has 0 N–H and O–H groups in total. The highest BCUT2D eigenvalue weighted by atomic mass is 32.2. The monoisotopic (exact) mass is 398 g/mol. The molecule has 1 fully saturated rings. The summed E-state index contributed by atoms with van der Waals surface area (Å²) in [6.07, 6.45) is 0.418. The fourth-order valence-electron chi connectivity index (χ4n) is 4.06. The Kier molecular flexibility index (Phi) is 4.91. The van der Waals surface area contributed by atoms with Crippen LogP contribution in [0.5, 0.6) is 0 Å². The minimum atomic E-state index is -1.00. The van der Waals surface area contributed by atoms with E-state index in [4.69, 9.17) is 0 Å². The van der Waals surface area contributed by atoms with Gasteiger partial charge in [-0.1, -0.05) is 44.2 Å². The van der Waals surface area contributed by atoms with Gasteiger partial charge in [0.05, 0.1) is 12.2 Å². The Labute approximate surface area is 168 Å². The number of carbonyl (C=O) groups is 2. The third-order valence-electron chi connectivity index (χ3n) is 5.21. The molecule has 0 saturated carbocycles. The molecule has 1 atom stereocenters. The van der Waals surface area contributed by atoms with E-state index in [0.29, 0.717) is 13.0 Å². The number of para-hydroxylation sites is 1. The highest BCUT2D eigenvalue weighted by molar-refractivity contribution is 8.01. The second kappa shape index (κ2) is 7.24. The second-order valence-corrected chi connectivity index (χ2v) is 8.96. The molecule has 1 spiro atoms. The Morgan fingerprint density at radius 3 is 2.75 bits per heavy atom. The average Bonchev–Trinajstić information content (AvgIpc) is 3.19. The Morgan fingerprint density at radius 2 is 2.00 bits per heavy atom. The molecule has 2 heterocycles. The first-order valence-electron chi connectivity index (χ1n) is 9.54. The fourth-order valence-corrected chi connectivity index (χ4v) is 5.54. The van der Waals surface area contributed by atoms with Gasteiger partial charge < -0.3 is 9.80 Å². The Hall–Kier alpha value is -2.34. The van der Waals surface area contributed by atoms with E-state index in [0.717, 1.165) is 22.6 Å². The number of amides is 2. The van der Waals surface area contributed by atoms with E-state index in [-0.39, 0.29) is 30.1 Å². The molecule has 4 rings (SSSR count). The largest absolute Gasteiger partial charge is 0.315 e. The lowest BCUT2D eigenvalue weighted by Gasteiger charge is -2.33. The number of rotatable bonds is 4. The zero-order chi connectivity index (χ0) is 19.9. The summed E-state index contributed by atoms with van der Waals surface area (Å²) in [5, 5.41) is 0. The van der Waals surface area contributed by atoms with Crippen molar-refractivity contribution in [2.24, 2.45) is 5.92 Å². The molecule has 28 heavy (non-hydrogen) atoms. The molecule has 4 nitrogen and oxygen atoms in total. The van der Waals surface area contributed by atoms with Gasteiger partial charge >= 0.3 is 0 Å². The van der Waals surface area contributed by atoms with Crippen LogP contribution in [0.4, 0.5) is 10.1 Å². The number of halogens is 1. The van der Waals surface area contributed by atoms with Gasteiger partial charge in [0.15, 0.2) is 4.87 Å². The molecular weight excluding hydrogens is 375 g/mol. The molecule has 0 unspecified atom stereocenters. The highest BCUT2D eigenvalue weighted by Crippen LogP contribution is 2.54. The van der Waals surface area contributed by atoms with E-state index < -0.39 is 4.87 Å². The molecule has 0 aliphatic carbocycles. The summed E-state index contributed by atoms with van der Waals surface area (Å²) in [6, 6.07) is 13.9. The lowest BCUT2D eigenvalue weighted by molar-refractivity contribution is -0.140. The Morgan fingerprint density at radius 1 is 1.21 bits per heavy atom. The number of thioether (sulfide) groups is 1. The molecule has 2 aliphatic rings. The Balaban J connectivity index is 1.75. The van der Waals surface area contributed by atoms with Crippen LogP contribution < -0.4 is 4.90 Å². The van der Waals surface area contributed by atoms with Gasteiger partial charge in [-0.25, -0.2) is 4.39 Å². The predicted octanol–water partition coefficient (Wildman–Crippen LogP) is 4.15. The van der Waals surface area contributed by atoms with Crippen LogP contribution in [-0.4, -0.2) is 29.0 Å². The quantitative estimate of drug-likeness (QED) is 0.777. The fraction of sp³-hybridized carbons (Fsp3) is 0.364. The SMILES string of the molecule is CC(C)CC(=O)N1CCS[C@]12C(=O)N(Cc1cccc(F)c1)c1ccccc12. The standard InChI is InChI=1S/C22H23FN2O2S/c1-15(2)12-20(26)25-10-11-28-22(25)18-8-3-4-9-19(18)24(21(22)27)14-16-6-5-7-17(23)13-16/h3-9,13,15H,10-12,14H2,1-2H3/t22-/m1/s1. The molecule has 0 bridgehead atoms. The topological polar surface area (TPSA) is 40.6 Å². The van der Waals surface area contributed by atoms with E-state index in [1.807, 2.05) is 44.2 Å². The predicted molar refractivity (Wildman–Crippen MR) is 109 cm³/mol. The summed E-state index contributed by atoms with van der Waals surface area (Å²) in [4.78, 5) is 29.1. The number of carbonyl (C=O) groups excluding carboxylic acids is 2. The molecule has 2 aromatic rings. The molecule has 2 aliphatic heterocycles. The Bertz CT molecular complexity index is 932. The summed E-state index contributed by atoms with van der Waals surface area (Å²) in [6.45, 7) is 4.86. The molecule has 146 valence electrons. The van der Waals surface area contributed by atoms with Crippen molar-refractivity contribution in [3.05, 3.63) is 65.5 Å². The molecule has 2 amide bonds. The van der Waals surface area contributed by atoms with E-state index >= 15 is 0 Å². The molecule has 2 aromatic carbocycles. The van der Waals surface area contributed by atoms with Gasteiger partial charge in [-0.05, 0) is 29.7 Å². The zero-order valence-electron chi connectivity index (χ0n) is 16.0. The maximum atomic E-state index is 13.7.